The quantitative estimate of drug-likeness (QED) is 0.664. The summed E-state index contributed by atoms with van der Waals surface area (Å²) < 4.78 is 12.8. The van der Waals surface area contributed by atoms with Crippen molar-refractivity contribution in [2.75, 3.05) is 11.6 Å². The number of halogens is 1. The van der Waals surface area contributed by atoms with Gasteiger partial charge in [0.1, 0.15) is 11.2 Å². The molecule has 0 bridgehead atoms. The number of hydrogen-bond donors (Lipinski definition) is 1. The van der Waals surface area contributed by atoms with Crippen molar-refractivity contribution in [2.24, 2.45) is 0 Å². The summed E-state index contributed by atoms with van der Waals surface area (Å²) in [6.45, 7) is 0. The second-order valence-electron chi connectivity index (χ2n) is 4.00. The van der Waals surface area contributed by atoms with Crippen LogP contribution in [0.5, 0.6) is 0 Å². The maximum atomic E-state index is 12.8. The van der Waals surface area contributed by atoms with Crippen molar-refractivity contribution < 1.29 is 9.18 Å². The molecule has 1 N–H and O–H groups in total. The number of ketones is 1. The van der Waals surface area contributed by atoms with E-state index in [2.05, 4.69) is 5.32 Å². The zero-order valence-corrected chi connectivity index (χ0v) is 11.3. The first-order valence-corrected chi connectivity index (χ1v) is 7.13. The molecule has 0 aliphatic heterocycles. The van der Waals surface area contributed by atoms with Crippen LogP contribution < -0.4 is 5.32 Å². The second-order valence-corrected chi connectivity index (χ2v) is 4.94. The first-order valence-electron chi connectivity index (χ1n) is 5.85. The average Bonchev–Trinajstić information content (AvgIpc) is 2.47. The van der Waals surface area contributed by atoms with E-state index in [4.69, 9.17) is 0 Å². The largest absolute Gasteiger partial charge is 0.367 e. The third-order valence-corrected chi connectivity index (χ3v) is 3.48. The van der Waals surface area contributed by atoms with Gasteiger partial charge in [0.15, 0.2) is 5.78 Å². The molecule has 0 radical (unpaired) electrons. The van der Waals surface area contributed by atoms with E-state index in [1.807, 2.05) is 24.5 Å². The number of nitrogens with one attached hydrogen (secondary N) is 1. The summed E-state index contributed by atoms with van der Waals surface area (Å²) in [5.41, 5.74) is 1.39. The Bertz CT molecular complexity index is 542. The molecule has 0 aromatic heterocycles. The Balaban J connectivity index is 2.12. The van der Waals surface area contributed by atoms with Crippen molar-refractivity contribution in [3.05, 3.63) is 66.0 Å². The molecule has 0 aliphatic rings. The van der Waals surface area contributed by atoms with Crippen LogP contribution >= 0.6 is 11.8 Å². The molecule has 1 unspecified atom stereocenters. The molecule has 1 atom stereocenters. The monoisotopic (exact) mass is 275 g/mol. The van der Waals surface area contributed by atoms with Gasteiger partial charge >= 0.3 is 0 Å². The van der Waals surface area contributed by atoms with E-state index in [0.29, 0.717) is 5.56 Å². The Morgan fingerprint density at radius 1 is 1.11 bits per heavy atom. The van der Waals surface area contributed by atoms with Crippen LogP contribution in [0.1, 0.15) is 10.4 Å². The summed E-state index contributed by atoms with van der Waals surface area (Å²) in [5, 5.41) is 2.72. The van der Waals surface area contributed by atoms with Gasteiger partial charge < -0.3 is 5.32 Å². The summed E-state index contributed by atoms with van der Waals surface area (Å²) in [4.78, 5) is 12.3. The number of Topliss-reactive ketones (excluding diaryl/α,β-unsaturated/α-hetero) is 1. The van der Waals surface area contributed by atoms with Crippen molar-refractivity contribution in [3.63, 3.8) is 0 Å². The van der Waals surface area contributed by atoms with E-state index in [1.165, 1.54) is 23.9 Å². The van der Waals surface area contributed by atoms with Gasteiger partial charge in [-0.15, -0.1) is 11.8 Å². The molecule has 19 heavy (non-hydrogen) atoms. The standard InChI is InChI=1S/C15H14FNOS/c1-19-15(14(18)11-5-3-2-4-6-11)17-13-9-7-12(16)8-10-13/h2-10,15,17H,1H3. The Hall–Kier alpha value is -1.81. The zero-order valence-electron chi connectivity index (χ0n) is 10.5. The van der Waals surface area contributed by atoms with Crippen molar-refractivity contribution in [1.29, 1.82) is 0 Å². The van der Waals surface area contributed by atoms with Crippen molar-refractivity contribution in [1.82, 2.24) is 0 Å². The highest BCUT2D eigenvalue weighted by Gasteiger charge is 2.18. The van der Waals surface area contributed by atoms with Crippen LogP contribution in [-0.2, 0) is 0 Å². The van der Waals surface area contributed by atoms with E-state index in [1.54, 1.807) is 24.3 Å². The summed E-state index contributed by atoms with van der Waals surface area (Å²) in [6.07, 6.45) is 1.86. The van der Waals surface area contributed by atoms with Crippen LogP contribution in [0.2, 0.25) is 0 Å². The third-order valence-electron chi connectivity index (χ3n) is 2.67. The molecule has 2 aromatic carbocycles. The lowest BCUT2D eigenvalue weighted by atomic mass is 10.1. The van der Waals surface area contributed by atoms with Gasteiger partial charge in [-0.05, 0) is 30.5 Å². The lowest BCUT2D eigenvalue weighted by molar-refractivity contribution is 0.0996. The molecular weight excluding hydrogens is 261 g/mol. The maximum absolute atomic E-state index is 12.8. The van der Waals surface area contributed by atoms with Crippen LogP contribution in [0.25, 0.3) is 0 Å². The number of rotatable bonds is 5. The number of thioether (sulfide) groups is 1. The molecule has 0 amide bonds. The molecular formula is C15H14FNOS. The van der Waals surface area contributed by atoms with E-state index >= 15 is 0 Å². The van der Waals surface area contributed by atoms with Gasteiger partial charge in [0.05, 0.1) is 0 Å². The molecule has 98 valence electrons. The minimum atomic E-state index is -0.382. The molecule has 0 heterocycles. The van der Waals surface area contributed by atoms with E-state index in [0.717, 1.165) is 5.69 Å². The Morgan fingerprint density at radius 2 is 1.74 bits per heavy atom. The lowest BCUT2D eigenvalue weighted by Gasteiger charge is -2.16. The first-order chi connectivity index (χ1) is 9.20. The Labute approximate surface area is 116 Å². The topological polar surface area (TPSA) is 29.1 Å². The predicted molar refractivity (Wildman–Crippen MR) is 78.1 cm³/mol. The van der Waals surface area contributed by atoms with Crippen LogP contribution in [0.3, 0.4) is 0 Å². The molecule has 2 rings (SSSR count). The zero-order chi connectivity index (χ0) is 13.7. The van der Waals surface area contributed by atoms with Gasteiger partial charge in [-0.2, -0.15) is 0 Å². The summed E-state index contributed by atoms with van der Waals surface area (Å²) in [6, 6.07) is 15.1. The summed E-state index contributed by atoms with van der Waals surface area (Å²) in [7, 11) is 0. The van der Waals surface area contributed by atoms with Crippen LogP contribution in [0.15, 0.2) is 54.6 Å². The molecule has 0 fully saturated rings. The predicted octanol–water partition coefficient (Wildman–Crippen LogP) is 3.81. The highest BCUT2D eigenvalue weighted by molar-refractivity contribution is 8.00. The van der Waals surface area contributed by atoms with Crippen LogP contribution in [0.4, 0.5) is 10.1 Å². The van der Waals surface area contributed by atoms with Crippen molar-refractivity contribution >= 4 is 23.2 Å². The highest BCUT2D eigenvalue weighted by Crippen LogP contribution is 2.18. The van der Waals surface area contributed by atoms with Gasteiger partial charge in [0, 0.05) is 11.3 Å². The van der Waals surface area contributed by atoms with Crippen molar-refractivity contribution in [2.45, 2.75) is 5.37 Å². The number of carbonyl (C=O) groups excluding carboxylic acids is 1. The fourth-order valence-electron chi connectivity index (χ4n) is 1.68. The van der Waals surface area contributed by atoms with Crippen LogP contribution in [-0.4, -0.2) is 17.4 Å². The molecule has 0 saturated carbocycles. The van der Waals surface area contributed by atoms with E-state index < -0.39 is 0 Å². The highest BCUT2D eigenvalue weighted by atomic mass is 32.2. The minimum Gasteiger partial charge on any atom is -0.367 e. The summed E-state index contributed by atoms with van der Waals surface area (Å²) >= 11 is 1.42. The SMILES string of the molecule is CSC(Nc1ccc(F)cc1)C(=O)c1ccccc1. The van der Waals surface area contributed by atoms with Gasteiger partial charge in [-0.1, -0.05) is 30.3 Å². The average molecular weight is 275 g/mol. The normalized spacial score (nSPS) is 11.9. The fraction of sp³-hybridized carbons (Fsp3) is 0.133. The number of anilines is 1. The molecule has 2 nitrogen and oxygen atoms in total. The molecule has 4 heteroatoms. The Kier molecular flexibility index (Phi) is 4.58. The maximum Gasteiger partial charge on any atom is 0.195 e. The van der Waals surface area contributed by atoms with Gasteiger partial charge in [0.2, 0.25) is 0 Å². The first kappa shape index (κ1) is 13.6. The van der Waals surface area contributed by atoms with Gasteiger partial charge in [0.25, 0.3) is 0 Å². The number of hydrogen-bond acceptors (Lipinski definition) is 3. The Morgan fingerprint density at radius 3 is 2.32 bits per heavy atom. The van der Waals surface area contributed by atoms with Gasteiger partial charge in [-0.25, -0.2) is 4.39 Å². The van der Waals surface area contributed by atoms with Gasteiger partial charge in [-0.3, -0.25) is 4.79 Å². The van der Waals surface area contributed by atoms with Crippen molar-refractivity contribution in [3.8, 4) is 0 Å². The van der Waals surface area contributed by atoms with Crippen LogP contribution in [0, 0.1) is 5.82 Å². The van der Waals surface area contributed by atoms with E-state index in [-0.39, 0.29) is 17.0 Å². The molecule has 0 aliphatic carbocycles. The fourth-order valence-corrected chi connectivity index (χ4v) is 2.29. The lowest BCUT2D eigenvalue weighted by Crippen LogP contribution is -2.25. The third kappa shape index (κ3) is 3.58. The number of carbonyl (C=O) groups is 1. The molecule has 2 aromatic rings. The summed E-state index contributed by atoms with van der Waals surface area (Å²) in [5.74, 6) is -0.280. The van der Waals surface area contributed by atoms with E-state index in [9.17, 15) is 9.18 Å². The molecule has 0 spiro atoms. The second kappa shape index (κ2) is 6.38. The molecule has 0 saturated heterocycles. The minimum absolute atomic E-state index is 0.0115. The number of benzene rings is 2. The smallest absolute Gasteiger partial charge is 0.195 e.